The van der Waals surface area contributed by atoms with E-state index < -0.39 is 10.2 Å². The standard InChI is InChI=1S/C13H23N5O2S/c1-4-17(5-2)21(19,20)18-8-6-7-12(18)11-9-15-10-13(14-3)16-11/h9-10,12H,4-8H2,1-3H3,(H,14,16)/t12-/m1/s1. The van der Waals surface area contributed by atoms with Gasteiger partial charge in [-0.05, 0) is 12.8 Å². The maximum Gasteiger partial charge on any atom is 0.282 e. The van der Waals surface area contributed by atoms with Gasteiger partial charge >= 0.3 is 0 Å². The molecule has 2 rings (SSSR count). The fourth-order valence-electron chi connectivity index (χ4n) is 2.67. The fourth-order valence-corrected chi connectivity index (χ4v) is 4.52. The molecule has 1 aromatic heterocycles. The molecule has 7 nitrogen and oxygen atoms in total. The van der Waals surface area contributed by atoms with Crippen LogP contribution in [0.2, 0.25) is 0 Å². The van der Waals surface area contributed by atoms with E-state index in [-0.39, 0.29) is 6.04 Å². The monoisotopic (exact) mass is 313 g/mol. The average molecular weight is 313 g/mol. The number of hydrogen-bond acceptors (Lipinski definition) is 5. The van der Waals surface area contributed by atoms with Crippen LogP contribution in [0.5, 0.6) is 0 Å². The zero-order valence-electron chi connectivity index (χ0n) is 12.8. The lowest BCUT2D eigenvalue weighted by molar-refractivity contribution is 0.334. The number of nitrogens with one attached hydrogen (secondary N) is 1. The van der Waals surface area contributed by atoms with Crippen molar-refractivity contribution in [3.8, 4) is 0 Å². The Balaban J connectivity index is 2.32. The van der Waals surface area contributed by atoms with Crippen LogP contribution >= 0.6 is 0 Å². The summed E-state index contributed by atoms with van der Waals surface area (Å²) in [7, 11) is -1.67. The minimum absolute atomic E-state index is 0.226. The normalized spacial score (nSPS) is 20.1. The van der Waals surface area contributed by atoms with Crippen molar-refractivity contribution < 1.29 is 8.42 Å². The molecule has 1 aromatic rings. The zero-order valence-corrected chi connectivity index (χ0v) is 13.6. The van der Waals surface area contributed by atoms with Gasteiger partial charge in [-0.25, -0.2) is 4.98 Å². The third-order valence-corrected chi connectivity index (χ3v) is 5.98. The fraction of sp³-hybridized carbons (Fsp3) is 0.692. The van der Waals surface area contributed by atoms with Crippen LogP contribution in [0.4, 0.5) is 5.82 Å². The smallest absolute Gasteiger partial charge is 0.282 e. The third-order valence-electron chi connectivity index (χ3n) is 3.78. The summed E-state index contributed by atoms with van der Waals surface area (Å²) in [4.78, 5) is 8.59. The van der Waals surface area contributed by atoms with E-state index in [1.165, 1.54) is 4.31 Å². The molecular weight excluding hydrogens is 290 g/mol. The van der Waals surface area contributed by atoms with Crippen molar-refractivity contribution in [3.05, 3.63) is 18.1 Å². The summed E-state index contributed by atoms with van der Waals surface area (Å²) < 4.78 is 28.5. The number of anilines is 1. The van der Waals surface area contributed by atoms with Crippen LogP contribution in [0, 0.1) is 0 Å². The maximum atomic E-state index is 12.7. The second-order valence-electron chi connectivity index (χ2n) is 4.94. The Kier molecular flexibility index (Phi) is 5.13. The van der Waals surface area contributed by atoms with E-state index in [1.54, 1.807) is 23.7 Å². The molecule has 1 aliphatic heterocycles. The van der Waals surface area contributed by atoms with Gasteiger partial charge in [0.25, 0.3) is 10.2 Å². The van der Waals surface area contributed by atoms with Gasteiger partial charge in [0.15, 0.2) is 0 Å². The Morgan fingerprint density at radius 1 is 1.38 bits per heavy atom. The van der Waals surface area contributed by atoms with Gasteiger partial charge in [0, 0.05) is 26.7 Å². The van der Waals surface area contributed by atoms with Gasteiger partial charge in [-0.1, -0.05) is 13.8 Å². The molecule has 0 amide bonds. The Morgan fingerprint density at radius 2 is 2.10 bits per heavy atom. The summed E-state index contributed by atoms with van der Waals surface area (Å²) in [6.45, 7) is 5.20. The van der Waals surface area contributed by atoms with Crippen molar-refractivity contribution in [3.63, 3.8) is 0 Å². The number of nitrogens with zero attached hydrogens (tertiary/aromatic N) is 4. The lowest BCUT2D eigenvalue weighted by Gasteiger charge is -2.29. The molecule has 0 radical (unpaired) electrons. The quantitative estimate of drug-likeness (QED) is 0.855. The molecule has 8 heteroatoms. The molecule has 1 saturated heterocycles. The largest absolute Gasteiger partial charge is 0.372 e. The number of hydrogen-bond donors (Lipinski definition) is 1. The lowest BCUT2D eigenvalue weighted by atomic mass is 10.2. The topological polar surface area (TPSA) is 78.4 Å². The molecule has 0 aliphatic carbocycles. The molecule has 0 bridgehead atoms. The van der Waals surface area contributed by atoms with Gasteiger partial charge in [-0.15, -0.1) is 0 Å². The van der Waals surface area contributed by atoms with Crippen molar-refractivity contribution in [2.24, 2.45) is 0 Å². The van der Waals surface area contributed by atoms with Crippen molar-refractivity contribution in [2.75, 3.05) is 32.0 Å². The molecule has 0 spiro atoms. The van der Waals surface area contributed by atoms with E-state index in [2.05, 4.69) is 15.3 Å². The molecule has 1 atom stereocenters. The second kappa shape index (κ2) is 6.67. The van der Waals surface area contributed by atoms with E-state index in [1.807, 2.05) is 13.8 Å². The first-order valence-electron chi connectivity index (χ1n) is 7.31. The van der Waals surface area contributed by atoms with Crippen LogP contribution in [0.3, 0.4) is 0 Å². The van der Waals surface area contributed by atoms with Crippen LogP contribution in [-0.4, -0.2) is 53.7 Å². The van der Waals surface area contributed by atoms with Gasteiger partial charge in [-0.2, -0.15) is 17.0 Å². The van der Waals surface area contributed by atoms with E-state index in [9.17, 15) is 8.42 Å². The number of rotatable bonds is 6. The van der Waals surface area contributed by atoms with Crippen molar-refractivity contribution in [2.45, 2.75) is 32.7 Å². The molecule has 1 N–H and O–H groups in total. The van der Waals surface area contributed by atoms with Crippen LogP contribution < -0.4 is 5.32 Å². The Morgan fingerprint density at radius 3 is 2.71 bits per heavy atom. The SMILES string of the molecule is CCN(CC)S(=O)(=O)N1CCC[C@@H]1c1cncc(NC)n1. The van der Waals surface area contributed by atoms with E-state index in [0.717, 1.165) is 12.8 Å². The highest BCUT2D eigenvalue weighted by Gasteiger charge is 2.38. The highest BCUT2D eigenvalue weighted by molar-refractivity contribution is 7.86. The third kappa shape index (κ3) is 3.17. The van der Waals surface area contributed by atoms with Gasteiger partial charge in [-0.3, -0.25) is 4.98 Å². The van der Waals surface area contributed by atoms with Crippen LogP contribution in [0.25, 0.3) is 0 Å². The molecule has 0 unspecified atom stereocenters. The summed E-state index contributed by atoms with van der Waals surface area (Å²) in [5.41, 5.74) is 0.704. The minimum atomic E-state index is -3.44. The Hall–Kier alpha value is -1.25. The summed E-state index contributed by atoms with van der Waals surface area (Å²) >= 11 is 0. The van der Waals surface area contributed by atoms with Crippen LogP contribution in [0.1, 0.15) is 38.4 Å². The number of aromatic nitrogens is 2. The molecule has 21 heavy (non-hydrogen) atoms. The highest BCUT2D eigenvalue weighted by Crippen LogP contribution is 2.34. The lowest BCUT2D eigenvalue weighted by Crippen LogP contribution is -2.43. The van der Waals surface area contributed by atoms with Crippen molar-refractivity contribution in [1.29, 1.82) is 0 Å². The first-order chi connectivity index (χ1) is 10.0. The summed E-state index contributed by atoms with van der Waals surface area (Å²) in [5.74, 6) is 0.652. The molecule has 0 aromatic carbocycles. The molecule has 1 fully saturated rings. The van der Waals surface area contributed by atoms with E-state index >= 15 is 0 Å². The highest BCUT2D eigenvalue weighted by atomic mass is 32.2. The minimum Gasteiger partial charge on any atom is -0.372 e. The zero-order chi connectivity index (χ0) is 15.5. The molecule has 118 valence electrons. The van der Waals surface area contributed by atoms with Gasteiger partial charge in [0.1, 0.15) is 5.82 Å². The summed E-state index contributed by atoms with van der Waals surface area (Å²) in [6.07, 6.45) is 4.90. The summed E-state index contributed by atoms with van der Waals surface area (Å²) in [5, 5.41) is 2.94. The Labute approximate surface area is 126 Å². The van der Waals surface area contributed by atoms with Gasteiger partial charge in [0.05, 0.1) is 24.1 Å². The Bertz CT molecular complexity index is 574. The molecule has 0 saturated carbocycles. The maximum absolute atomic E-state index is 12.7. The first kappa shape index (κ1) is 16.1. The van der Waals surface area contributed by atoms with E-state index in [0.29, 0.717) is 31.1 Å². The van der Waals surface area contributed by atoms with E-state index in [4.69, 9.17) is 0 Å². The predicted octanol–water partition coefficient (Wildman–Crippen LogP) is 1.24. The molecular formula is C13H23N5O2S. The van der Waals surface area contributed by atoms with Gasteiger partial charge < -0.3 is 5.32 Å². The van der Waals surface area contributed by atoms with Gasteiger partial charge in [0.2, 0.25) is 0 Å². The first-order valence-corrected chi connectivity index (χ1v) is 8.70. The molecule has 1 aliphatic rings. The van der Waals surface area contributed by atoms with Crippen molar-refractivity contribution >= 4 is 16.0 Å². The second-order valence-corrected chi connectivity index (χ2v) is 6.82. The van der Waals surface area contributed by atoms with Crippen molar-refractivity contribution in [1.82, 2.24) is 18.6 Å². The van der Waals surface area contributed by atoms with Crippen LogP contribution in [0.15, 0.2) is 12.4 Å². The van der Waals surface area contributed by atoms with Crippen LogP contribution in [-0.2, 0) is 10.2 Å². The predicted molar refractivity (Wildman–Crippen MR) is 82.1 cm³/mol. The molecule has 2 heterocycles. The average Bonchev–Trinajstić information content (AvgIpc) is 2.98. The summed E-state index contributed by atoms with van der Waals surface area (Å²) in [6, 6.07) is -0.226.